The SMILES string of the molecule is CC(C)[C@H](C(=O)Nc1ccn2nccc2n1)N1Cc2ccccc2C1=O. The van der Waals surface area contributed by atoms with E-state index in [-0.39, 0.29) is 17.7 Å². The van der Waals surface area contributed by atoms with Gasteiger partial charge in [0.1, 0.15) is 11.9 Å². The van der Waals surface area contributed by atoms with Gasteiger partial charge in [-0.3, -0.25) is 9.59 Å². The van der Waals surface area contributed by atoms with E-state index in [1.807, 2.05) is 38.1 Å². The van der Waals surface area contributed by atoms with Gasteiger partial charge >= 0.3 is 0 Å². The number of anilines is 1. The van der Waals surface area contributed by atoms with Crippen LogP contribution in [0.25, 0.3) is 5.65 Å². The lowest BCUT2D eigenvalue weighted by Gasteiger charge is -2.29. The van der Waals surface area contributed by atoms with Crippen LogP contribution in [-0.2, 0) is 11.3 Å². The summed E-state index contributed by atoms with van der Waals surface area (Å²) < 4.78 is 1.62. The van der Waals surface area contributed by atoms with Crippen molar-refractivity contribution in [1.29, 1.82) is 0 Å². The summed E-state index contributed by atoms with van der Waals surface area (Å²) in [5.41, 5.74) is 2.27. The third-order valence-electron chi connectivity index (χ3n) is 4.59. The summed E-state index contributed by atoms with van der Waals surface area (Å²) in [6.45, 7) is 4.32. The highest BCUT2D eigenvalue weighted by Gasteiger charge is 2.37. The van der Waals surface area contributed by atoms with Crippen LogP contribution in [0.4, 0.5) is 5.82 Å². The molecule has 1 aliphatic heterocycles. The molecule has 3 heterocycles. The Balaban J connectivity index is 1.58. The molecule has 132 valence electrons. The number of hydrogen-bond acceptors (Lipinski definition) is 4. The van der Waals surface area contributed by atoms with Gasteiger partial charge in [-0.1, -0.05) is 32.0 Å². The Kier molecular flexibility index (Phi) is 3.91. The Bertz CT molecular complexity index is 994. The number of fused-ring (bicyclic) bond motifs is 2. The van der Waals surface area contributed by atoms with Crippen LogP contribution in [0, 0.1) is 5.92 Å². The molecule has 26 heavy (non-hydrogen) atoms. The zero-order chi connectivity index (χ0) is 18.3. The molecule has 0 aliphatic carbocycles. The Morgan fingerprint density at radius 1 is 1.19 bits per heavy atom. The summed E-state index contributed by atoms with van der Waals surface area (Å²) in [7, 11) is 0. The van der Waals surface area contributed by atoms with Crippen LogP contribution < -0.4 is 5.32 Å². The van der Waals surface area contributed by atoms with Gasteiger partial charge in [0.25, 0.3) is 5.91 Å². The first-order chi connectivity index (χ1) is 12.5. The van der Waals surface area contributed by atoms with E-state index in [4.69, 9.17) is 0 Å². The van der Waals surface area contributed by atoms with Crippen molar-refractivity contribution in [3.8, 4) is 0 Å². The summed E-state index contributed by atoms with van der Waals surface area (Å²) in [5.74, 6) is 0.0657. The van der Waals surface area contributed by atoms with E-state index in [2.05, 4.69) is 15.4 Å². The fraction of sp³-hybridized carbons (Fsp3) is 0.263. The van der Waals surface area contributed by atoms with Crippen molar-refractivity contribution in [1.82, 2.24) is 19.5 Å². The maximum Gasteiger partial charge on any atom is 0.255 e. The van der Waals surface area contributed by atoms with Gasteiger partial charge in [-0.25, -0.2) is 9.50 Å². The Morgan fingerprint density at radius 2 is 2.00 bits per heavy atom. The minimum atomic E-state index is -0.571. The number of nitrogens with zero attached hydrogens (tertiary/aromatic N) is 4. The number of carbonyl (C=O) groups is 2. The van der Waals surface area contributed by atoms with Crippen LogP contribution in [0.2, 0.25) is 0 Å². The lowest BCUT2D eigenvalue weighted by Crippen LogP contribution is -2.47. The standard InChI is InChI=1S/C19H19N5O2/c1-12(2)17(23-11-13-5-3-4-6-14(13)19(23)26)18(25)22-15-8-10-24-16(21-15)7-9-20-24/h3-10,12,17H,11H2,1-2H3,(H,21,22,25)/t17-/m1/s1. The van der Waals surface area contributed by atoms with Crippen molar-refractivity contribution in [3.05, 3.63) is 59.9 Å². The largest absolute Gasteiger partial charge is 0.322 e. The molecule has 0 radical (unpaired) electrons. The van der Waals surface area contributed by atoms with Gasteiger partial charge in [-0.05, 0) is 23.6 Å². The molecule has 1 aromatic carbocycles. The van der Waals surface area contributed by atoms with Crippen molar-refractivity contribution in [2.24, 2.45) is 5.92 Å². The van der Waals surface area contributed by atoms with E-state index in [0.717, 1.165) is 5.56 Å². The van der Waals surface area contributed by atoms with E-state index in [1.165, 1.54) is 0 Å². The predicted octanol–water partition coefficient (Wildman–Crippen LogP) is 2.35. The lowest BCUT2D eigenvalue weighted by atomic mass is 10.0. The molecular weight excluding hydrogens is 330 g/mol. The maximum atomic E-state index is 12.9. The summed E-state index contributed by atoms with van der Waals surface area (Å²) in [4.78, 5) is 31.7. The Labute approximate surface area is 150 Å². The van der Waals surface area contributed by atoms with Gasteiger partial charge in [0, 0.05) is 24.4 Å². The molecule has 7 nitrogen and oxygen atoms in total. The molecule has 1 atom stereocenters. The number of benzene rings is 1. The van der Waals surface area contributed by atoms with E-state index in [1.54, 1.807) is 33.9 Å². The first-order valence-electron chi connectivity index (χ1n) is 8.55. The van der Waals surface area contributed by atoms with E-state index >= 15 is 0 Å². The van der Waals surface area contributed by atoms with Crippen molar-refractivity contribution >= 4 is 23.3 Å². The molecule has 0 unspecified atom stereocenters. The fourth-order valence-corrected chi connectivity index (χ4v) is 3.39. The van der Waals surface area contributed by atoms with Gasteiger partial charge < -0.3 is 10.2 Å². The third-order valence-corrected chi connectivity index (χ3v) is 4.59. The van der Waals surface area contributed by atoms with Crippen LogP contribution in [0.5, 0.6) is 0 Å². The number of carbonyl (C=O) groups excluding carboxylic acids is 2. The van der Waals surface area contributed by atoms with Crippen molar-refractivity contribution < 1.29 is 9.59 Å². The molecule has 3 aromatic rings. The molecule has 4 rings (SSSR count). The van der Waals surface area contributed by atoms with E-state index in [9.17, 15) is 9.59 Å². The second-order valence-corrected chi connectivity index (χ2v) is 6.72. The highest BCUT2D eigenvalue weighted by molar-refractivity contribution is 6.03. The molecule has 0 fully saturated rings. The molecule has 1 N–H and O–H groups in total. The van der Waals surface area contributed by atoms with E-state index in [0.29, 0.717) is 23.6 Å². The van der Waals surface area contributed by atoms with Crippen LogP contribution in [0.3, 0.4) is 0 Å². The number of aromatic nitrogens is 3. The molecule has 0 saturated carbocycles. The number of hydrogen-bond donors (Lipinski definition) is 1. The minimum absolute atomic E-state index is 0.0352. The van der Waals surface area contributed by atoms with Crippen LogP contribution >= 0.6 is 0 Å². The second-order valence-electron chi connectivity index (χ2n) is 6.72. The molecule has 0 spiro atoms. The highest BCUT2D eigenvalue weighted by atomic mass is 16.2. The molecule has 2 amide bonds. The number of amides is 2. The minimum Gasteiger partial charge on any atom is -0.322 e. The average molecular weight is 349 g/mol. The summed E-state index contributed by atoms with van der Waals surface area (Å²) >= 11 is 0. The zero-order valence-electron chi connectivity index (χ0n) is 14.6. The van der Waals surface area contributed by atoms with Gasteiger partial charge in [0.15, 0.2) is 5.65 Å². The zero-order valence-corrected chi connectivity index (χ0v) is 14.6. The van der Waals surface area contributed by atoms with Crippen LogP contribution in [-0.4, -0.2) is 37.4 Å². The first kappa shape index (κ1) is 16.3. The van der Waals surface area contributed by atoms with Gasteiger partial charge in [0.05, 0.1) is 6.20 Å². The summed E-state index contributed by atoms with van der Waals surface area (Å²) in [6.07, 6.45) is 3.38. The highest BCUT2D eigenvalue weighted by Crippen LogP contribution is 2.27. The monoisotopic (exact) mass is 349 g/mol. The average Bonchev–Trinajstić information content (AvgIpc) is 3.20. The van der Waals surface area contributed by atoms with Crippen molar-refractivity contribution in [2.45, 2.75) is 26.4 Å². The van der Waals surface area contributed by atoms with Gasteiger partial charge in [-0.2, -0.15) is 5.10 Å². The normalized spacial score (nSPS) is 14.7. The maximum absolute atomic E-state index is 12.9. The van der Waals surface area contributed by atoms with Gasteiger partial charge in [-0.15, -0.1) is 0 Å². The summed E-state index contributed by atoms with van der Waals surface area (Å²) in [5, 5.41) is 6.93. The molecular formula is C19H19N5O2. The molecule has 0 bridgehead atoms. The van der Waals surface area contributed by atoms with Crippen LogP contribution in [0.1, 0.15) is 29.8 Å². The fourth-order valence-electron chi connectivity index (χ4n) is 3.39. The third kappa shape index (κ3) is 2.71. The molecule has 7 heteroatoms. The molecule has 0 saturated heterocycles. The first-order valence-corrected chi connectivity index (χ1v) is 8.55. The van der Waals surface area contributed by atoms with E-state index < -0.39 is 6.04 Å². The number of nitrogens with one attached hydrogen (secondary N) is 1. The van der Waals surface area contributed by atoms with Crippen molar-refractivity contribution in [3.63, 3.8) is 0 Å². The second kappa shape index (κ2) is 6.25. The summed E-state index contributed by atoms with van der Waals surface area (Å²) in [6, 6.07) is 10.4. The van der Waals surface area contributed by atoms with Crippen molar-refractivity contribution in [2.75, 3.05) is 5.32 Å². The number of rotatable bonds is 4. The van der Waals surface area contributed by atoms with Gasteiger partial charge in [0.2, 0.25) is 5.91 Å². The lowest BCUT2D eigenvalue weighted by molar-refractivity contribution is -0.122. The Morgan fingerprint density at radius 3 is 2.77 bits per heavy atom. The smallest absolute Gasteiger partial charge is 0.255 e. The predicted molar refractivity (Wildman–Crippen MR) is 96.6 cm³/mol. The molecule has 2 aromatic heterocycles. The van der Waals surface area contributed by atoms with Crippen LogP contribution in [0.15, 0.2) is 48.8 Å². The molecule has 1 aliphatic rings. The quantitative estimate of drug-likeness (QED) is 0.784. The Hall–Kier alpha value is -3.22. The topological polar surface area (TPSA) is 79.6 Å².